The number of carboxylic acids is 2. The number of fused-ring (bicyclic) bond motifs is 2. The lowest BCUT2D eigenvalue weighted by molar-refractivity contribution is -0.159. The Morgan fingerprint density at radius 3 is 2.33 bits per heavy atom. The second-order valence-corrected chi connectivity index (χ2v) is 7.02. The lowest BCUT2D eigenvalue weighted by Crippen LogP contribution is -2.31. The molecule has 0 aromatic heterocycles. The van der Waals surface area contributed by atoms with Gasteiger partial charge in [-0.05, 0) is 60.3 Å². The van der Waals surface area contributed by atoms with Crippen LogP contribution in [0, 0.1) is 0 Å². The smallest absolute Gasteiger partial charge is 0.414 e. The highest BCUT2D eigenvalue weighted by Crippen LogP contribution is 2.38. The molecule has 1 atom stereocenters. The van der Waals surface area contributed by atoms with E-state index in [1.165, 1.54) is 16.7 Å². The van der Waals surface area contributed by atoms with Crippen LogP contribution in [0.1, 0.15) is 22.7 Å². The first kappa shape index (κ1) is 19.2. The third kappa shape index (κ3) is 4.78. The van der Waals surface area contributed by atoms with Crippen molar-refractivity contribution in [1.29, 1.82) is 0 Å². The van der Waals surface area contributed by atoms with Crippen molar-refractivity contribution in [2.45, 2.75) is 18.9 Å². The molecule has 0 fully saturated rings. The van der Waals surface area contributed by atoms with Crippen LogP contribution in [0.25, 0.3) is 0 Å². The van der Waals surface area contributed by atoms with Crippen LogP contribution in [0.4, 0.5) is 0 Å². The predicted molar refractivity (Wildman–Crippen MR) is 100 cm³/mol. The van der Waals surface area contributed by atoms with Gasteiger partial charge in [0.15, 0.2) is 11.5 Å². The molecule has 0 amide bonds. The molecule has 0 radical (unpaired) electrons. The largest absolute Gasteiger partial charge is 0.473 e. The van der Waals surface area contributed by atoms with Crippen molar-refractivity contribution in [2.24, 2.45) is 0 Å². The first-order chi connectivity index (χ1) is 12.9. The Hall–Kier alpha value is -2.58. The van der Waals surface area contributed by atoms with Crippen LogP contribution in [-0.2, 0) is 22.4 Å². The van der Waals surface area contributed by atoms with Gasteiger partial charge in [-0.25, -0.2) is 9.59 Å². The Labute approximate surface area is 164 Å². The summed E-state index contributed by atoms with van der Waals surface area (Å²) in [5.74, 6) is -1.89. The van der Waals surface area contributed by atoms with Gasteiger partial charge in [0.2, 0.25) is 6.79 Å². The van der Waals surface area contributed by atoms with Gasteiger partial charge in [0.25, 0.3) is 0 Å². The van der Waals surface area contributed by atoms with Gasteiger partial charge in [0.1, 0.15) is 0 Å². The second-order valence-electron chi connectivity index (χ2n) is 6.10. The molecule has 2 aliphatic rings. The molecule has 142 valence electrons. The number of benzene rings is 2. The number of rotatable bonds is 2. The highest BCUT2D eigenvalue weighted by Gasteiger charge is 2.24. The fourth-order valence-corrected chi connectivity index (χ4v) is 3.33. The van der Waals surface area contributed by atoms with E-state index in [1.54, 1.807) is 0 Å². The van der Waals surface area contributed by atoms with E-state index in [2.05, 4.69) is 57.6 Å². The number of halogens is 1. The molecule has 0 bridgehead atoms. The van der Waals surface area contributed by atoms with E-state index in [-0.39, 0.29) is 0 Å². The fraction of sp³-hybridized carbons (Fsp3) is 0.263. The van der Waals surface area contributed by atoms with Gasteiger partial charge >= 0.3 is 11.9 Å². The van der Waals surface area contributed by atoms with Gasteiger partial charge in [-0.1, -0.05) is 28.1 Å². The molecule has 4 rings (SSSR count). The Morgan fingerprint density at radius 2 is 1.70 bits per heavy atom. The van der Waals surface area contributed by atoms with Gasteiger partial charge in [0.05, 0.1) is 0 Å². The number of hydrogen-bond acceptors (Lipinski definition) is 5. The predicted octanol–water partition coefficient (Wildman–Crippen LogP) is 2.76. The zero-order chi connectivity index (χ0) is 19.4. The molecular formula is C19H18BrNO6. The standard InChI is InChI=1S/C17H16BrNO2.C2H2O4/c18-13-3-1-11(2-4-13)7-15-14-9-17-16(20-10-21-17)8-12(14)5-6-19-15;3-1(4)2(5)6/h1-4,8-9,15,19H,5-7,10H2;(H,3,4)(H,5,6). The normalized spacial score (nSPS) is 16.7. The van der Waals surface area contributed by atoms with E-state index in [9.17, 15) is 0 Å². The monoisotopic (exact) mass is 435 g/mol. The summed E-state index contributed by atoms with van der Waals surface area (Å²) in [6, 6.07) is 13.2. The van der Waals surface area contributed by atoms with Crippen molar-refractivity contribution in [2.75, 3.05) is 13.3 Å². The van der Waals surface area contributed by atoms with Crippen LogP contribution in [0.15, 0.2) is 40.9 Å². The Balaban J connectivity index is 0.000000307. The van der Waals surface area contributed by atoms with Crippen LogP contribution in [0.2, 0.25) is 0 Å². The molecule has 2 aromatic rings. The molecule has 3 N–H and O–H groups in total. The number of nitrogens with one attached hydrogen (secondary N) is 1. The zero-order valence-corrected chi connectivity index (χ0v) is 15.9. The summed E-state index contributed by atoms with van der Waals surface area (Å²) >= 11 is 3.48. The van der Waals surface area contributed by atoms with E-state index in [4.69, 9.17) is 29.3 Å². The molecule has 2 aliphatic heterocycles. The summed E-state index contributed by atoms with van der Waals surface area (Å²) in [4.78, 5) is 18.2. The van der Waals surface area contributed by atoms with Crippen LogP contribution in [0.5, 0.6) is 11.5 Å². The highest BCUT2D eigenvalue weighted by molar-refractivity contribution is 9.10. The van der Waals surface area contributed by atoms with Gasteiger partial charge in [-0.3, -0.25) is 0 Å². The average molecular weight is 436 g/mol. The molecule has 7 nitrogen and oxygen atoms in total. The maximum Gasteiger partial charge on any atom is 0.414 e. The molecule has 0 saturated carbocycles. The van der Waals surface area contributed by atoms with Crippen molar-refractivity contribution in [1.82, 2.24) is 5.32 Å². The Bertz CT molecular complexity index is 840. The molecule has 2 aromatic carbocycles. The second kappa shape index (κ2) is 8.41. The van der Waals surface area contributed by atoms with Gasteiger partial charge in [0, 0.05) is 10.5 Å². The first-order valence-corrected chi connectivity index (χ1v) is 9.10. The van der Waals surface area contributed by atoms with Gasteiger partial charge in [-0.15, -0.1) is 0 Å². The highest BCUT2D eigenvalue weighted by atomic mass is 79.9. The van der Waals surface area contributed by atoms with E-state index >= 15 is 0 Å². The average Bonchev–Trinajstić information content (AvgIpc) is 3.10. The summed E-state index contributed by atoms with van der Waals surface area (Å²) in [6.45, 7) is 1.34. The van der Waals surface area contributed by atoms with Crippen LogP contribution >= 0.6 is 15.9 Å². The summed E-state index contributed by atoms with van der Waals surface area (Å²) in [6.07, 6.45) is 2.03. The van der Waals surface area contributed by atoms with Crippen LogP contribution in [0.3, 0.4) is 0 Å². The zero-order valence-electron chi connectivity index (χ0n) is 14.3. The minimum Gasteiger partial charge on any atom is -0.473 e. The van der Waals surface area contributed by atoms with Crippen LogP contribution < -0.4 is 14.8 Å². The van der Waals surface area contributed by atoms with E-state index in [0.717, 1.165) is 35.4 Å². The van der Waals surface area contributed by atoms with Gasteiger partial charge in [-0.2, -0.15) is 0 Å². The van der Waals surface area contributed by atoms with Crippen molar-refractivity contribution >= 4 is 27.9 Å². The SMILES string of the molecule is Brc1ccc(CC2NCCc3cc4c(cc32)OCO4)cc1.O=C(O)C(=O)O. The fourth-order valence-electron chi connectivity index (χ4n) is 3.07. The summed E-state index contributed by atoms with van der Waals surface area (Å²) in [7, 11) is 0. The minimum absolute atomic E-state index is 0.336. The van der Waals surface area contributed by atoms with Crippen LogP contribution in [-0.4, -0.2) is 35.5 Å². The number of carbonyl (C=O) groups is 2. The molecule has 8 heteroatoms. The van der Waals surface area contributed by atoms with Crippen molar-refractivity contribution in [3.05, 3.63) is 57.6 Å². The first-order valence-electron chi connectivity index (χ1n) is 8.30. The maximum absolute atomic E-state index is 9.10. The van der Waals surface area contributed by atoms with Crippen molar-refractivity contribution in [3.8, 4) is 11.5 Å². The third-order valence-corrected chi connectivity index (χ3v) is 4.86. The topological polar surface area (TPSA) is 105 Å². The molecular weight excluding hydrogens is 418 g/mol. The Morgan fingerprint density at radius 1 is 1.07 bits per heavy atom. The molecule has 0 spiro atoms. The van der Waals surface area contributed by atoms with E-state index < -0.39 is 11.9 Å². The number of aliphatic carboxylic acids is 2. The van der Waals surface area contributed by atoms with E-state index in [0.29, 0.717) is 12.8 Å². The number of hydrogen-bond donors (Lipinski definition) is 3. The quantitative estimate of drug-likeness (QED) is 0.622. The van der Waals surface area contributed by atoms with Crippen molar-refractivity contribution in [3.63, 3.8) is 0 Å². The molecule has 27 heavy (non-hydrogen) atoms. The number of ether oxygens (including phenoxy) is 2. The molecule has 0 saturated heterocycles. The number of carboxylic acid groups (broad SMARTS) is 2. The lowest BCUT2D eigenvalue weighted by Gasteiger charge is -2.27. The van der Waals surface area contributed by atoms with E-state index in [1.807, 2.05) is 0 Å². The summed E-state index contributed by atoms with van der Waals surface area (Å²) < 4.78 is 12.1. The maximum atomic E-state index is 9.10. The summed E-state index contributed by atoms with van der Waals surface area (Å²) in [5, 5.41) is 18.4. The minimum atomic E-state index is -1.82. The van der Waals surface area contributed by atoms with Gasteiger partial charge < -0.3 is 25.0 Å². The summed E-state index contributed by atoms with van der Waals surface area (Å²) in [5.41, 5.74) is 4.05. The lowest BCUT2D eigenvalue weighted by atomic mass is 9.90. The third-order valence-electron chi connectivity index (χ3n) is 4.33. The van der Waals surface area contributed by atoms with Crippen molar-refractivity contribution < 1.29 is 29.3 Å². The molecule has 2 heterocycles. The molecule has 1 unspecified atom stereocenters. The Kier molecular flexibility index (Phi) is 5.98. The molecule has 0 aliphatic carbocycles.